The van der Waals surface area contributed by atoms with Crippen LogP contribution in [-0.2, 0) is 14.4 Å². The number of furan rings is 1. The topological polar surface area (TPSA) is 109 Å². The third kappa shape index (κ3) is 6.47. The second kappa shape index (κ2) is 12.1. The fourth-order valence-electron chi connectivity index (χ4n) is 4.30. The largest absolute Gasteiger partial charge is 0.465 e. The van der Waals surface area contributed by atoms with E-state index in [-0.39, 0.29) is 23.9 Å². The first-order valence-electron chi connectivity index (χ1n) is 12.9. The van der Waals surface area contributed by atoms with Gasteiger partial charge in [-0.15, -0.1) is 11.8 Å². The van der Waals surface area contributed by atoms with Crippen LogP contribution in [-0.4, -0.2) is 28.9 Å². The van der Waals surface area contributed by atoms with Gasteiger partial charge in [-0.3, -0.25) is 19.2 Å². The Morgan fingerprint density at radius 3 is 2.46 bits per heavy atom. The van der Waals surface area contributed by atoms with Gasteiger partial charge in [0.25, 0.3) is 11.8 Å². The predicted octanol–water partition coefficient (Wildman–Crippen LogP) is 5.73. The van der Waals surface area contributed by atoms with Crippen molar-refractivity contribution in [1.29, 1.82) is 0 Å². The summed E-state index contributed by atoms with van der Waals surface area (Å²) < 4.78 is 5.34. The van der Waals surface area contributed by atoms with Crippen LogP contribution in [0.1, 0.15) is 33.7 Å². The Bertz CT molecular complexity index is 1650. The molecule has 1 aliphatic rings. The number of hydrogen-bond acceptors (Lipinski definition) is 6. The lowest BCUT2D eigenvalue weighted by Gasteiger charge is -2.16. The number of anilines is 2. The third-order valence-electron chi connectivity index (χ3n) is 6.58. The fourth-order valence-corrected chi connectivity index (χ4v) is 5.41. The predicted molar refractivity (Wildman–Crippen MR) is 158 cm³/mol. The molecule has 0 aliphatic carbocycles. The van der Waals surface area contributed by atoms with Crippen molar-refractivity contribution in [2.24, 2.45) is 0 Å². The highest BCUT2D eigenvalue weighted by Crippen LogP contribution is 2.35. The van der Waals surface area contributed by atoms with E-state index >= 15 is 0 Å². The molecular formula is C32H27N3O5S. The van der Waals surface area contributed by atoms with Crippen molar-refractivity contribution in [2.75, 3.05) is 10.2 Å². The Kier molecular flexibility index (Phi) is 8.16. The molecule has 9 heteroatoms. The number of aryl methyl sites for hydroxylation is 2. The lowest BCUT2D eigenvalue weighted by atomic mass is 10.1. The second-order valence-electron chi connectivity index (χ2n) is 9.52. The van der Waals surface area contributed by atoms with E-state index in [4.69, 9.17) is 4.42 Å². The average Bonchev–Trinajstić information content (AvgIpc) is 3.57. The standard InChI is InChI=1S/C32H27N3O5S/c1-20-13-14-24(16-21(20)2)35-29(36)19-28(32(35)39)41-26-12-6-10-23(17-26)33-31(38)27(18-25-11-7-15-40-25)34-30(37)22-8-4-3-5-9-22/h3-18,28H,19H2,1-2H3,(H,33,38)(H,34,37). The van der Waals surface area contributed by atoms with Crippen molar-refractivity contribution >= 4 is 52.8 Å². The van der Waals surface area contributed by atoms with Gasteiger partial charge in [0.2, 0.25) is 11.8 Å². The number of thioether (sulfide) groups is 1. The molecule has 1 saturated heterocycles. The molecule has 0 radical (unpaired) electrons. The van der Waals surface area contributed by atoms with Crippen molar-refractivity contribution < 1.29 is 23.6 Å². The molecule has 1 unspecified atom stereocenters. The maximum absolute atomic E-state index is 13.3. The molecule has 3 aromatic carbocycles. The molecule has 1 aliphatic heterocycles. The Hall–Kier alpha value is -4.89. The lowest BCUT2D eigenvalue weighted by Crippen LogP contribution is -2.31. The molecule has 0 bridgehead atoms. The number of imide groups is 1. The van der Waals surface area contributed by atoms with Gasteiger partial charge in [0.15, 0.2) is 0 Å². The quantitative estimate of drug-likeness (QED) is 0.209. The van der Waals surface area contributed by atoms with Gasteiger partial charge in [-0.2, -0.15) is 0 Å². The van der Waals surface area contributed by atoms with Crippen molar-refractivity contribution in [1.82, 2.24) is 5.32 Å². The molecule has 206 valence electrons. The van der Waals surface area contributed by atoms with Crippen LogP contribution in [0.2, 0.25) is 0 Å². The molecule has 0 spiro atoms. The number of carbonyl (C=O) groups excluding carboxylic acids is 4. The molecule has 5 rings (SSSR count). The van der Waals surface area contributed by atoms with Crippen molar-refractivity contribution in [3.63, 3.8) is 0 Å². The number of nitrogens with one attached hydrogen (secondary N) is 2. The monoisotopic (exact) mass is 565 g/mol. The summed E-state index contributed by atoms with van der Waals surface area (Å²) in [6.45, 7) is 3.92. The summed E-state index contributed by atoms with van der Waals surface area (Å²) in [6, 6.07) is 24.4. The Morgan fingerprint density at radius 2 is 1.73 bits per heavy atom. The highest BCUT2D eigenvalue weighted by molar-refractivity contribution is 8.00. The van der Waals surface area contributed by atoms with Gasteiger partial charge in [0.05, 0.1) is 17.2 Å². The lowest BCUT2D eigenvalue weighted by molar-refractivity contribution is -0.121. The molecule has 4 aromatic rings. The van der Waals surface area contributed by atoms with E-state index in [0.717, 1.165) is 11.1 Å². The first-order valence-corrected chi connectivity index (χ1v) is 13.8. The van der Waals surface area contributed by atoms with Crippen LogP contribution in [0, 0.1) is 13.8 Å². The van der Waals surface area contributed by atoms with Gasteiger partial charge in [0.1, 0.15) is 11.5 Å². The molecule has 2 heterocycles. The van der Waals surface area contributed by atoms with Crippen molar-refractivity contribution in [3.8, 4) is 0 Å². The number of nitrogens with zero attached hydrogens (tertiary/aromatic N) is 1. The highest BCUT2D eigenvalue weighted by Gasteiger charge is 2.40. The SMILES string of the molecule is Cc1ccc(N2C(=O)CC(Sc3cccc(NC(=O)C(=Cc4ccco4)NC(=O)c4ccccc4)c3)C2=O)cc1C. The molecule has 1 fully saturated rings. The van der Waals surface area contributed by atoms with Gasteiger partial charge in [-0.05, 0) is 79.6 Å². The van der Waals surface area contributed by atoms with Crippen molar-refractivity contribution in [3.05, 3.63) is 119 Å². The van der Waals surface area contributed by atoms with E-state index in [1.807, 2.05) is 32.0 Å². The van der Waals surface area contributed by atoms with Gasteiger partial charge in [-0.25, -0.2) is 4.90 Å². The zero-order valence-electron chi connectivity index (χ0n) is 22.4. The summed E-state index contributed by atoms with van der Waals surface area (Å²) in [5.41, 5.74) is 3.51. The van der Waals surface area contributed by atoms with E-state index in [9.17, 15) is 19.2 Å². The second-order valence-corrected chi connectivity index (χ2v) is 10.8. The molecular weight excluding hydrogens is 538 g/mol. The number of carbonyl (C=O) groups is 4. The minimum atomic E-state index is -0.588. The Labute approximate surface area is 241 Å². The number of hydrogen-bond donors (Lipinski definition) is 2. The van der Waals surface area contributed by atoms with Crippen LogP contribution < -0.4 is 15.5 Å². The average molecular weight is 566 g/mol. The zero-order valence-corrected chi connectivity index (χ0v) is 23.2. The summed E-state index contributed by atoms with van der Waals surface area (Å²) in [7, 11) is 0. The first-order chi connectivity index (χ1) is 19.8. The van der Waals surface area contributed by atoms with Gasteiger partial charge >= 0.3 is 0 Å². The van der Waals surface area contributed by atoms with Gasteiger partial charge in [-0.1, -0.05) is 30.3 Å². The Morgan fingerprint density at radius 1 is 0.927 bits per heavy atom. The summed E-state index contributed by atoms with van der Waals surface area (Å²) in [5.74, 6) is -1.13. The summed E-state index contributed by atoms with van der Waals surface area (Å²) in [5, 5.41) is 4.88. The number of amides is 4. The van der Waals surface area contributed by atoms with Gasteiger partial charge < -0.3 is 15.1 Å². The highest BCUT2D eigenvalue weighted by atomic mass is 32.2. The molecule has 0 saturated carbocycles. The zero-order chi connectivity index (χ0) is 28.9. The van der Waals surface area contributed by atoms with Crippen LogP contribution in [0.15, 0.2) is 106 Å². The van der Waals surface area contributed by atoms with Crippen molar-refractivity contribution in [2.45, 2.75) is 30.4 Å². The molecule has 41 heavy (non-hydrogen) atoms. The van der Waals surface area contributed by atoms with Crippen LogP contribution in [0.5, 0.6) is 0 Å². The molecule has 1 aromatic heterocycles. The van der Waals surface area contributed by atoms with E-state index in [1.165, 1.54) is 29.0 Å². The van der Waals surface area contributed by atoms with Crippen LogP contribution >= 0.6 is 11.8 Å². The maximum atomic E-state index is 13.3. The van der Waals surface area contributed by atoms with E-state index in [2.05, 4.69) is 10.6 Å². The third-order valence-corrected chi connectivity index (χ3v) is 7.76. The maximum Gasteiger partial charge on any atom is 0.272 e. The minimum absolute atomic E-state index is 0.00698. The smallest absolute Gasteiger partial charge is 0.272 e. The molecule has 2 N–H and O–H groups in total. The van der Waals surface area contributed by atoms with Crippen LogP contribution in [0.25, 0.3) is 6.08 Å². The van der Waals surface area contributed by atoms with E-state index < -0.39 is 17.1 Å². The Balaban J connectivity index is 1.30. The normalized spacial score (nSPS) is 15.2. The molecule has 4 amide bonds. The molecule has 1 atom stereocenters. The van der Waals surface area contributed by atoms with Gasteiger partial charge in [0, 0.05) is 28.6 Å². The summed E-state index contributed by atoms with van der Waals surface area (Å²) >= 11 is 1.27. The van der Waals surface area contributed by atoms with Crippen LogP contribution in [0.4, 0.5) is 11.4 Å². The summed E-state index contributed by atoms with van der Waals surface area (Å²) in [4.78, 5) is 54.0. The summed E-state index contributed by atoms with van der Waals surface area (Å²) in [6.07, 6.45) is 2.99. The first kappa shape index (κ1) is 27.7. The fraction of sp³-hybridized carbons (Fsp3) is 0.125. The minimum Gasteiger partial charge on any atom is -0.465 e. The van der Waals surface area contributed by atoms with E-state index in [0.29, 0.717) is 27.6 Å². The molecule has 8 nitrogen and oxygen atoms in total. The van der Waals surface area contributed by atoms with Crippen LogP contribution in [0.3, 0.4) is 0 Å². The number of rotatable bonds is 8. The van der Waals surface area contributed by atoms with E-state index in [1.54, 1.807) is 66.7 Å². The number of benzene rings is 3.